The maximum Gasteiger partial charge on any atom is 0.160 e. The highest BCUT2D eigenvalue weighted by atomic mass is 16.1. The molecule has 1 aromatic rings. The van der Waals surface area contributed by atoms with E-state index in [1.54, 1.807) is 6.92 Å². The molecule has 0 aromatic heterocycles. The van der Waals surface area contributed by atoms with Crippen LogP contribution in [0.15, 0.2) is 36.4 Å². The van der Waals surface area contributed by atoms with Crippen molar-refractivity contribution in [2.75, 3.05) is 0 Å². The quantitative estimate of drug-likeness (QED) is 0.550. The summed E-state index contributed by atoms with van der Waals surface area (Å²) >= 11 is 0. The monoisotopic (exact) mass is 228 g/mol. The number of allylic oxidation sites excluding steroid dienone is 3. The first-order valence-electron chi connectivity index (χ1n) is 5.95. The molecular weight excluding hydrogens is 208 g/mol. The summed E-state index contributed by atoms with van der Waals surface area (Å²) in [5.74, 6) is 0.107. The molecule has 0 atom stereocenters. The minimum Gasteiger partial charge on any atom is -0.294 e. The molecule has 0 bridgehead atoms. The number of hydrogen-bond acceptors (Lipinski definition) is 1. The lowest BCUT2D eigenvalue weighted by Gasteiger charge is -2.11. The summed E-state index contributed by atoms with van der Waals surface area (Å²) in [7, 11) is 0. The molecule has 1 aromatic carbocycles. The number of carbonyl (C=O) groups excluding carboxylic acids is 1. The van der Waals surface area contributed by atoms with Gasteiger partial charge in [-0.25, -0.2) is 0 Å². The fraction of sp³-hybridized carbons (Fsp3) is 0.312. The van der Waals surface area contributed by atoms with E-state index < -0.39 is 0 Å². The van der Waals surface area contributed by atoms with Gasteiger partial charge in [-0.1, -0.05) is 37.3 Å². The number of carbonyl (C=O) groups is 1. The van der Waals surface area contributed by atoms with E-state index in [1.807, 2.05) is 32.1 Å². The second-order valence-corrected chi connectivity index (χ2v) is 4.41. The Hall–Kier alpha value is -1.63. The molecule has 0 fully saturated rings. The van der Waals surface area contributed by atoms with Gasteiger partial charge in [-0.3, -0.25) is 4.79 Å². The van der Waals surface area contributed by atoms with Crippen molar-refractivity contribution in [2.24, 2.45) is 0 Å². The minimum absolute atomic E-state index is 0.107. The first kappa shape index (κ1) is 13.4. The molecule has 0 saturated heterocycles. The third-order valence-corrected chi connectivity index (χ3v) is 2.90. The largest absolute Gasteiger partial charge is 0.294 e. The first-order chi connectivity index (χ1) is 8.01. The van der Waals surface area contributed by atoms with Crippen LogP contribution in [-0.2, 0) is 6.42 Å². The van der Waals surface area contributed by atoms with E-state index in [-0.39, 0.29) is 5.78 Å². The minimum atomic E-state index is 0.107. The molecule has 90 valence electrons. The summed E-state index contributed by atoms with van der Waals surface area (Å²) < 4.78 is 0. The van der Waals surface area contributed by atoms with Crippen molar-refractivity contribution in [1.29, 1.82) is 0 Å². The van der Waals surface area contributed by atoms with Crippen LogP contribution in [0.5, 0.6) is 0 Å². The van der Waals surface area contributed by atoms with Crippen molar-refractivity contribution < 1.29 is 4.79 Å². The molecule has 17 heavy (non-hydrogen) atoms. The molecule has 1 rings (SSSR count). The molecule has 0 unspecified atom stereocenters. The summed E-state index contributed by atoms with van der Waals surface area (Å²) in [4.78, 5) is 11.7. The molecule has 0 amide bonds. The van der Waals surface area contributed by atoms with Crippen LogP contribution < -0.4 is 0 Å². The third kappa shape index (κ3) is 2.94. The SMILES string of the molecule is C=CC(=C(C)C)c1ccc(CC)cc1C(C)=O. The average molecular weight is 228 g/mol. The summed E-state index contributed by atoms with van der Waals surface area (Å²) in [6.07, 6.45) is 2.77. The number of Topliss-reactive ketones (excluding diaryl/α,β-unsaturated/α-hetero) is 1. The van der Waals surface area contributed by atoms with Gasteiger partial charge in [-0.15, -0.1) is 0 Å². The van der Waals surface area contributed by atoms with Crippen LogP contribution in [0.1, 0.15) is 49.2 Å². The van der Waals surface area contributed by atoms with Crippen molar-refractivity contribution in [1.82, 2.24) is 0 Å². The Kier molecular flexibility index (Phi) is 4.45. The van der Waals surface area contributed by atoms with Crippen LogP contribution in [0.25, 0.3) is 5.57 Å². The zero-order valence-corrected chi connectivity index (χ0v) is 11.1. The van der Waals surface area contributed by atoms with Crippen LogP contribution in [0.3, 0.4) is 0 Å². The normalized spacial score (nSPS) is 9.88. The van der Waals surface area contributed by atoms with Gasteiger partial charge in [0.05, 0.1) is 0 Å². The number of aryl methyl sites for hydroxylation is 1. The molecule has 0 heterocycles. The van der Waals surface area contributed by atoms with Gasteiger partial charge >= 0.3 is 0 Å². The van der Waals surface area contributed by atoms with Gasteiger partial charge in [-0.2, -0.15) is 0 Å². The van der Waals surface area contributed by atoms with Gasteiger partial charge in [-0.05, 0) is 50.0 Å². The first-order valence-corrected chi connectivity index (χ1v) is 5.95. The molecule has 1 heteroatoms. The van der Waals surface area contributed by atoms with Crippen LogP contribution >= 0.6 is 0 Å². The highest BCUT2D eigenvalue weighted by Gasteiger charge is 2.11. The molecule has 1 nitrogen and oxygen atoms in total. The Morgan fingerprint density at radius 3 is 2.29 bits per heavy atom. The zero-order chi connectivity index (χ0) is 13.0. The summed E-state index contributed by atoms with van der Waals surface area (Å²) in [5, 5.41) is 0. The molecule has 0 saturated carbocycles. The van der Waals surface area contributed by atoms with Gasteiger partial charge in [0.25, 0.3) is 0 Å². The Labute approximate surface area is 104 Å². The van der Waals surface area contributed by atoms with Crippen molar-refractivity contribution in [3.63, 3.8) is 0 Å². The Bertz CT molecular complexity index is 474. The van der Waals surface area contributed by atoms with E-state index in [1.165, 1.54) is 11.1 Å². The molecule has 0 aliphatic rings. The van der Waals surface area contributed by atoms with Crippen LogP contribution in [0, 0.1) is 0 Å². The van der Waals surface area contributed by atoms with Gasteiger partial charge < -0.3 is 0 Å². The van der Waals surface area contributed by atoms with E-state index in [0.29, 0.717) is 0 Å². The topological polar surface area (TPSA) is 17.1 Å². The van der Waals surface area contributed by atoms with E-state index in [9.17, 15) is 4.79 Å². The van der Waals surface area contributed by atoms with Crippen molar-refractivity contribution in [2.45, 2.75) is 34.1 Å². The number of benzene rings is 1. The Balaban J connectivity index is 3.48. The standard InChI is InChI=1S/C16H20O/c1-6-13-8-9-15(14(7-2)11(3)4)16(10-13)12(5)17/h7-10H,2,6H2,1,3-5H3. The Morgan fingerprint density at radius 1 is 1.24 bits per heavy atom. The Morgan fingerprint density at radius 2 is 1.88 bits per heavy atom. The van der Waals surface area contributed by atoms with Crippen molar-refractivity contribution in [3.8, 4) is 0 Å². The van der Waals surface area contributed by atoms with Crippen molar-refractivity contribution in [3.05, 3.63) is 53.1 Å². The molecule has 0 radical (unpaired) electrons. The molecular formula is C16H20O. The van der Waals surface area contributed by atoms with E-state index >= 15 is 0 Å². The molecule has 0 spiro atoms. The fourth-order valence-electron chi connectivity index (χ4n) is 1.92. The number of hydrogen-bond donors (Lipinski definition) is 0. The van der Waals surface area contributed by atoms with Gasteiger partial charge in [0, 0.05) is 5.56 Å². The van der Waals surface area contributed by atoms with Gasteiger partial charge in [0.2, 0.25) is 0 Å². The lowest BCUT2D eigenvalue weighted by molar-refractivity contribution is 0.101. The molecule has 0 aliphatic heterocycles. The maximum atomic E-state index is 11.7. The lowest BCUT2D eigenvalue weighted by atomic mass is 9.92. The molecule has 0 aliphatic carbocycles. The fourth-order valence-corrected chi connectivity index (χ4v) is 1.92. The summed E-state index contributed by atoms with van der Waals surface area (Å²) in [6, 6.07) is 6.10. The second kappa shape index (κ2) is 5.62. The van der Waals surface area contributed by atoms with Crippen molar-refractivity contribution >= 4 is 11.4 Å². The predicted molar refractivity (Wildman–Crippen MR) is 74.3 cm³/mol. The van der Waals surface area contributed by atoms with E-state index in [0.717, 1.165) is 23.1 Å². The van der Waals surface area contributed by atoms with Gasteiger partial charge in [0.1, 0.15) is 0 Å². The average Bonchev–Trinajstić information content (AvgIpc) is 2.29. The number of rotatable bonds is 4. The third-order valence-electron chi connectivity index (χ3n) is 2.90. The summed E-state index contributed by atoms with van der Waals surface area (Å²) in [5.41, 5.74) is 5.20. The smallest absolute Gasteiger partial charge is 0.160 e. The van der Waals surface area contributed by atoms with Crippen LogP contribution in [0.2, 0.25) is 0 Å². The van der Waals surface area contributed by atoms with E-state index in [2.05, 4.69) is 19.6 Å². The van der Waals surface area contributed by atoms with Crippen LogP contribution in [0.4, 0.5) is 0 Å². The molecule has 0 N–H and O–H groups in total. The van der Waals surface area contributed by atoms with Crippen LogP contribution in [-0.4, -0.2) is 5.78 Å². The van der Waals surface area contributed by atoms with E-state index in [4.69, 9.17) is 0 Å². The second-order valence-electron chi connectivity index (χ2n) is 4.41. The predicted octanol–water partition coefficient (Wildman–Crippen LogP) is 4.43. The summed E-state index contributed by atoms with van der Waals surface area (Å²) in [6.45, 7) is 11.6. The highest BCUT2D eigenvalue weighted by molar-refractivity contribution is 6.00. The lowest BCUT2D eigenvalue weighted by Crippen LogP contribution is -2.00. The van der Waals surface area contributed by atoms with Gasteiger partial charge in [0.15, 0.2) is 5.78 Å². The maximum absolute atomic E-state index is 11.7. The highest BCUT2D eigenvalue weighted by Crippen LogP contribution is 2.25. The number of ketones is 1. The zero-order valence-electron chi connectivity index (χ0n) is 11.1.